The summed E-state index contributed by atoms with van der Waals surface area (Å²) < 4.78 is 0. The van der Waals surface area contributed by atoms with Gasteiger partial charge in [-0.05, 0) is 62.8 Å². The summed E-state index contributed by atoms with van der Waals surface area (Å²) in [5.41, 5.74) is -0.0108. The van der Waals surface area contributed by atoms with Gasteiger partial charge in [-0.3, -0.25) is 0 Å². The van der Waals surface area contributed by atoms with Crippen molar-refractivity contribution in [1.29, 1.82) is 0 Å². The van der Waals surface area contributed by atoms with Crippen molar-refractivity contribution in [2.75, 3.05) is 59.4 Å². The molecule has 0 amide bonds. The van der Waals surface area contributed by atoms with Crippen molar-refractivity contribution in [3.63, 3.8) is 0 Å². The van der Waals surface area contributed by atoms with Crippen LogP contribution in [0.4, 0.5) is 0 Å². The van der Waals surface area contributed by atoms with Crippen molar-refractivity contribution in [2.24, 2.45) is 4.99 Å². The SMILES string of the molecule is CCNC(=NCC(C)(O)c1ccsc1)NCCN1CCCN(C)CC1.I. The first-order valence-electron chi connectivity index (χ1n) is 9.19. The molecule has 2 heterocycles. The minimum Gasteiger partial charge on any atom is -0.383 e. The van der Waals surface area contributed by atoms with Gasteiger partial charge in [0.15, 0.2) is 5.96 Å². The number of halogens is 1. The lowest BCUT2D eigenvalue weighted by molar-refractivity contribution is 0.0677. The number of aliphatic imine (C=N–C) groups is 1. The van der Waals surface area contributed by atoms with E-state index in [9.17, 15) is 5.11 Å². The molecular formula is C18H34IN5OS. The Morgan fingerprint density at radius 3 is 2.81 bits per heavy atom. The predicted molar refractivity (Wildman–Crippen MR) is 122 cm³/mol. The van der Waals surface area contributed by atoms with Gasteiger partial charge in [-0.15, -0.1) is 24.0 Å². The maximum atomic E-state index is 10.6. The Morgan fingerprint density at radius 1 is 1.31 bits per heavy atom. The molecule has 0 saturated carbocycles. The highest BCUT2D eigenvalue weighted by Crippen LogP contribution is 2.23. The fourth-order valence-corrected chi connectivity index (χ4v) is 3.68. The van der Waals surface area contributed by atoms with Gasteiger partial charge in [-0.2, -0.15) is 11.3 Å². The van der Waals surface area contributed by atoms with E-state index in [4.69, 9.17) is 0 Å². The molecule has 1 aromatic rings. The lowest BCUT2D eigenvalue weighted by Crippen LogP contribution is -2.43. The molecule has 1 saturated heterocycles. The molecule has 1 atom stereocenters. The third-order valence-corrected chi connectivity index (χ3v) is 5.25. The molecule has 0 radical (unpaired) electrons. The van der Waals surface area contributed by atoms with Gasteiger partial charge in [0.05, 0.1) is 6.54 Å². The van der Waals surface area contributed by atoms with Crippen LogP contribution in [-0.2, 0) is 5.60 Å². The molecule has 1 unspecified atom stereocenters. The van der Waals surface area contributed by atoms with E-state index in [1.54, 1.807) is 11.3 Å². The van der Waals surface area contributed by atoms with Crippen LogP contribution in [0.25, 0.3) is 0 Å². The van der Waals surface area contributed by atoms with E-state index in [1.165, 1.54) is 13.0 Å². The molecule has 0 spiro atoms. The van der Waals surface area contributed by atoms with Crippen molar-refractivity contribution in [3.8, 4) is 0 Å². The number of rotatable bonds is 7. The first kappa shape index (κ1) is 23.6. The van der Waals surface area contributed by atoms with Crippen molar-refractivity contribution in [3.05, 3.63) is 22.4 Å². The smallest absolute Gasteiger partial charge is 0.191 e. The van der Waals surface area contributed by atoms with E-state index in [0.29, 0.717) is 6.54 Å². The highest BCUT2D eigenvalue weighted by atomic mass is 127. The summed E-state index contributed by atoms with van der Waals surface area (Å²) in [4.78, 5) is 9.47. The number of hydrogen-bond acceptors (Lipinski definition) is 5. The molecule has 1 aromatic heterocycles. The number of likely N-dealkylation sites (N-methyl/N-ethyl adjacent to an activating group) is 1. The van der Waals surface area contributed by atoms with Gasteiger partial charge >= 0.3 is 0 Å². The summed E-state index contributed by atoms with van der Waals surface area (Å²) >= 11 is 1.59. The summed E-state index contributed by atoms with van der Waals surface area (Å²) in [5, 5.41) is 21.2. The summed E-state index contributed by atoms with van der Waals surface area (Å²) in [6.07, 6.45) is 1.23. The molecule has 8 heteroatoms. The largest absolute Gasteiger partial charge is 0.383 e. The van der Waals surface area contributed by atoms with Gasteiger partial charge in [-0.25, -0.2) is 4.99 Å². The van der Waals surface area contributed by atoms with Gasteiger partial charge in [0.25, 0.3) is 0 Å². The van der Waals surface area contributed by atoms with Crippen LogP contribution in [0.5, 0.6) is 0 Å². The van der Waals surface area contributed by atoms with Gasteiger partial charge in [0.2, 0.25) is 0 Å². The summed E-state index contributed by atoms with van der Waals surface area (Å²) in [6.45, 7) is 11.5. The zero-order valence-corrected chi connectivity index (χ0v) is 19.3. The molecule has 26 heavy (non-hydrogen) atoms. The van der Waals surface area contributed by atoms with E-state index >= 15 is 0 Å². The molecule has 3 N–H and O–H groups in total. The Balaban J connectivity index is 0.00000338. The van der Waals surface area contributed by atoms with Crippen LogP contribution in [-0.4, -0.2) is 80.3 Å². The molecule has 0 aromatic carbocycles. The fourth-order valence-electron chi connectivity index (χ4n) is 2.89. The van der Waals surface area contributed by atoms with Crippen LogP contribution in [0.3, 0.4) is 0 Å². The summed E-state index contributed by atoms with van der Waals surface area (Å²) in [6, 6.07) is 1.96. The van der Waals surface area contributed by atoms with Crippen molar-refractivity contribution < 1.29 is 5.11 Å². The Morgan fingerprint density at radius 2 is 2.12 bits per heavy atom. The molecule has 1 aliphatic heterocycles. The second-order valence-corrected chi connectivity index (χ2v) is 7.69. The van der Waals surface area contributed by atoms with Crippen LogP contribution in [0.15, 0.2) is 21.8 Å². The molecule has 1 aliphatic rings. The minimum absolute atomic E-state index is 0. The van der Waals surface area contributed by atoms with E-state index in [2.05, 4.69) is 39.4 Å². The summed E-state index contributed by atoms with van der Waals surface area (Å²) in [5.74, 6) is 0.768. The maximum absolute atomic E-state index is 10.6. The second kappa shape index (κ2) is 12.1. The third kappa shape index (κ3) is 8.08. The predicted octanol–water partition coefficient (Wildman–Crippen LogP) is 1.77. The van der Waals surface area contributed by atoms with E-state index in [1.807, 2.05) is 23.8 Å². The zero-order chi connectivity index (χ0) is 18.1. The fraction of sp³-hybridized carbons (Fsp3) is 0.722. The Kier molecular flexibility index (Phi) is 11.0. The van der Waals surface area contributed by atoms with Gasteiger partial charge in [0, 0.05) is 32.7 Å². The molecule has 0 aliphatic carbocycles. The van der Waals surface area contributed by atoms with Gasteiger partial charge in [-0.1, -0.05) is 0 Å². The zero-order valence-electron chi connectivity index (χ0n) is 16.2. The number of nitrogens with one attached hydrogen (secondary N) is 2. The van der Waals surface area contributed by atoms with Crippen LogP contribution in [0.1, 0.15) is 25.8 Å². The number of hydrogen-bond donors (Lipinski definition) is 3. The summed E-state index contributed by atoms with van der Waals surface area (Å²) in [7, 11) is 2.19. The average Bonchev–Trinajstić information content (AvgIpc) is 3.05. The van der Waals surface area contributed by atoms with Crippen LogP contribution in [0, 0.1) is 0 Å². The normalized spacial score (nSPS) is 19.3. The Labute approximate surface area is 179 Å². The maximum Gasteiger partial charge on any atom is 0.191 e. The van der Waals surface area contributed by atoms with Crippen LogP contribution in [0.2, 0.25) is 0 Å². The minimum atomic E-state index is -0.933. The number of nitrogens with zero attached hydrogens (tertiary/aromatic N) is 3. The molecule has 150 valence electrons. The Hall–Kier alpha value is -0.420. The van der Waals surface area contributed by atoms with Crippen molar-refractivity contribution in [1.82, 2.24) is 20.4 Å². The van der Waals surface area contributed by atoms with Crippen molar-refractivity contribution in [2.45, 2.75) is 25.9 Å². The second-order valence-electron chi connectivity index (χ2n) is 6.91. The first-order chi connectivity index (χ1) is 12.0. The van der Waals surface area contributed by atoms with Crippen molar-refractivity contribution >= 4 is 41.3 Å². The number of thiophene rings is 1. The Bertz CT molecular complexity index is 524. The van der Waals surface area contributed by atoms with E-state index < -0.39 is 5.60 Å². The quantitative estimate of drug-likeness (QED) is 0.306. The van der Waals surface area contributed by atoms with Gasteiger partial charge < -0.3 is 25.5 Å². The lowest BCUT2D eigenvalue weighted by Gasteiger charge is -2.22. The molecular weight excluding hydrogens is 461 g/mol. The topological polar surface area (TPSA) is 63.1 Å². The average molecular weight is 495 g/mol. The number of aliphatic hydroxyl groups is 1. The standard InChI is InChI=1S/C18H33N5OS.HI/c1-4-19-17(21-15-18(2,24)16-6-13-25-14-16)20-7-10-23-9-5-8-22(3)11-12-23;/h6,13-14,24H,4-5,7-12,15H2,1-3H3,(H2,19,20,21);1H. The molecule has 2 rings (SSSR count). The van der Waals surface area contributed by atoms with E-state index in [0.717, 1.165) is 50.8 Å². The van der Waals surface area contributed by atoms with Crippen LogP contribution < -0.4 is 10.6 Å². The highest BCUT2D eigenvalue weighted by molar-refractivity contribution is 14.0. The monoisotopic (exact) mass is 495 g/mol. The van der Waals surface area contributed by atoms with Gasteiger partial charge in [0.1, 0.15) is 5.60 Å². The molecule has 0 bridgehead atoms. The lowest BCUT2D eigenvalue weighted by atomic mass is 10.00. The molecule has 6 nitrogen and oxygen atoms in total. The molecule has 1 fully saturated rings. The van der Waals surface area contributed by atoms with Crippen LogP contribution >= 0.6 is 35.3 Å². The van der Waals surface area contributed by atoms with E-state index in [-0.39, 0.29) is 24.0 Å². The highest BCUT2D eigenvalue weighted by Gasteiger charge is 2.23. The third-order valence-electron chi connectivity index (χ3n) is 4.56. The number of guanidine groups is 1. The first-order valence-corrected chi connectivity index (χ1v) is 10.1.